The number of benzene rings is 1. The Balaban J connectivity index is 1.45. The first kappa shape index (κ1) is 13.8. The molecular weight excluding hydrogens is 244 g/mol. The standard InChI is InChI=1S/C18H26N2/c1-15-9-12-20(13-10-15)14-17-4-2-16(3-5-17)8-11-19-18-6-7-18/h2-5,9,18-19H,6-8,10-14H2,1H3. The molecule has 1 aliphatic carbocycles. The molecule has 1 aromatic rings. The Labute approximate surface area is 122 Å². The van der Waals surface area contributed by atoms with Crippen molar-refractivity contribution in [1.82, 2.24) is 10.2 Å². The predicted octanol–water partition coefficient (Wildman–Crippen LogP) is 3.13. The minimum absolute atomic E-state index is 0.824. The van der Waals surface area contributed by atoms with Crippen LogP contribution in [0.3, 0.4) is 0 Å². The van der Waals surface area contributed by atoms with Gasteiger partial charge in [-0.3, -0.25) is 4.90 Å². The van der Waals surface area contributed by atoms with Crippen molar-refractivity contribution in [3.8, 4) is 0 Å². The monoisotopic (exact) mass is 270 g/mol. The third kappa shape index (κ3) is 4.19. The highest BCUT2D eigenvalue weighted by molar-refractivity contribution is 5.23. The number of rotatable bonds is 6. The van der Waals surface area contributed by atoms with E-state index in [1.165, 1.54) is 36.9 Å². The highest BCUT2D eigenvalue weighted by Crippen LogP contribution is 2.18. The summed E-state index contributed by atoms with van der Waals surface area (Å²) in [6.07, 6.45) is 7.50. The minimum atomic E-state index is 0.824. The molecule has 2 heteroatoms. The van der Waals surface area contributed by atoms with Crippen molar-refractivity contribution in [2.24, 2.45) is 0 Å². The molecule has 3 rings (SSSR count). The van der Waals surface area contributed by atoms with Gasteiger partial charge in [-0.25, -0.2) is 0 Å². The van der Waals surface area contributed by atoms with Crippen LogP contribution in [0.25, 0.3) is 0 Å². The number of hydrogen-bond acceptors (Lipinski definition) is 2. The van der Waals surface area contributed by atoms with Gasteiger partial charge in [0.1, 0.15) is 0 Å². The maximum atomic E-state index is 3.57. The zero-order valence-corrected chi connectivity index (χ0v) is 12.6. The molecule has 1 heterocycles. The van der Waals surface area contributed by atoms with Crippen LogP contribution in [0.15, 0.2) is 35.9 Å². The van der Waals surface area contributed by atoms with Crippen molar-refractivity contribution in [1.29, 1.82) is 0 Å². The zero-order chi connectivity index (χ0) is 13.8. The van der Waals surface area contributed by atoms with E-state index in [2.05, 4.69) is 47.5 Å². The average Bonchev–Trinajstić information content (AvgIpc) is 3.28. The van der Waals surface area contributed by atoms with Gasteiger partial charge in [-0.1, -0.05) is 35.9 Å². The Morgan fingerprint density at radius 1 is 1.15 bits per heavy atom. The van der Waals surface area contributed by atoms with Gasteiger partial charge >= 0.3 is 0 Å². The molecule has 1 aliphatic heterocycles. The maximum absolute atomic E-state index is 3.57. The Hall–Kier alpha value is -1.12. The minimum Gasteiger partial charge on any atom is -0.314 e. The summed E-state index contributed by atoms with van der Waals surface area (Å²) in [5.74, 6) is 0. The first-order chi connectivity index (χ1) is 9.79. The lowest BCUT2D eigenvalue weighted by Gasteiger charge is -2.25. The van der Waals surface area contributed by atoms with E-state index in [9.17, 15) is 0 Å². The summed E-state index contributed by atoms with van der Waals surface area (Å²) < 4.78 is 0. The summed E-state index contributed by atoms with van der Waals surface area (Å²) in [6.45, 7) is 6.76. The van der Waals surface area contributed by atoms with Crippen LogP contribution in [0.1, 0.15) is 37.3 Å². The van der Waals surface area contributed by atoms with E-state index in [0.29, 0.717) is 0 Å². The Morgan fingerprint density at radius 2 is 1.90 bits per heavy atom. The fourth-order valence-corrected chi connectivity index (χ4v) is 2.73. The van der Waals surface area contributed by atoms with Crippen molar-refractivity contribution >= 4 is 0 Å². The smallest absolute Gasteiger partial charge is 0.0237 e. The molecule has 0 radical (unpaired) electrons. The highest BCUT2D eigenvalue weighted by atomic mass is 15.1. The molecule has 0 bridgehead atoms. The second-order valence-electron chi connectivity index (χ2n) is 6.33. The maximum Gasteiger partial charge on any atom is 0.0237 e. The summed E-state index contributed by atoms with van der Waals surface area (Å²) in [4.78, 5) is 2.52. The third-order valence-corrected chi connectivity index (χ3v) is 4.37. The molecule has 2 nitrogen and oxygen atoms in total. The van der Waals surface area contributed by atoms with Gasteiger partial charge in [0.15, 0.2) is 0 Å². The summed E-state index contributed by atoms with van der Waals surface area (Å²) in [5.41, 5.74) is 4.44. The molecule has 2 aliphatic rings. The van der Waals surface area contributed by atoms with Gasteiger partial charge in [0, 0.05) is 25.7 Å². The lowest BCUT2D eigenvalue weighted by atomic mass is 10.1. The van der Waals surface area contributed by atoms with Crippen LogP contribution in [-0.2, 0) is 13.0 Å². The highest BCUT2D eigenvalue weighted by Gasteiger charge is 2.19. The van der Waals surface area contributed by atoms with Crippen LogP contribution in [0.4, 0.5) is 0 Å². The van der Waals surface area contributed by atoms with Gasteiger partial charge in [0.25, 0.3) is 0 Å². The molecule has 20 heavy (non-hydrogen) atoms. The number of hydrogen-bond donors (Lipinski definition) is 1. The normalized spacial score (nSPS) is 19.9. The SMILES string of the molecule is CC1=CCN(Cc2ccc(CCNC3CC3)cc2)CC1. The van der Waals surface area contributed by atoms with Crippen molar-refractivity contribution < 1.29 is 0 Å². The fraction of sp³-hybridized carbons (Fsp3) is 0.556. The van der Waals surface area contributed by atoms with Gasteiger partial charge in [-0.05, 0) is 50.3 Å². The summed E-state index contributed by atoms with van der Waals surface area (Å²) in [5, 5.41) is 3.57. The summed E-state index contributed by atoms with van der Waals surface area (Å²) in [7, 11) is 0. The molecule has 1 aromatic carbocycles. The Kier molecular flexibility index (Phi) is 4.54. The van der Waals surface area contributed by atoms with Gasteiger partial charge < -0.3 is 5.32 Å². The van der Waals surface area contributed by atoms with Crippen molar-refractivity contribution in [2.75, 3.05) is 19.6 Å². The molecule has 0 amide bonds. The number of nitrogens with one attached hydrogen (secondary N) is 1. The molecule has 1 saturated carbocycles. The topological polar surface area (TPSA) is 15.3 Å². The molecule has 1 fully saturated rings. The molecule has 0 atom stereocenters. The van der Waals surface area contributed by atoms with Gasteiger partial charge in [0.2, 0.25) is 0 Å². The van der Waals surface area contributed by atoms with E-state index in [4.69, 9.17) is 0 Å². The zero-order valence-electron chi connectivity index (χ0n) is 12.6. The second-order valence-corrected chi connectivity index (χ2v) is 6.33. The van der Waals surface area contributed by atoms with E-state index in [-0.39, 0.29) is 0 Å². The lowest BCUT2D eigenvalue weighted by Crippen LogP contribution is -2.27. The van der Waals surface area contributed by atoms with Crippen LogP contribution in [0, 0.1) is 0 Å². The van der Waals surface area contributed by atoms with Crippen LogP contribution < -0.4 is 5.32 Å². The van der Waals surface area contributed by atoms with Crippen LogP contribution >= 0.6 is 0 Å². The molecule has 1 N–H and O–H groups in total. The van der Waals surface area contributed by atoms with E-state index in [1.807, 2.05) is 0 Å². The van der Waals surface area contributed by atoms with Crippen molar-refractivity contribution in [3.63, 3.8) is 0 Å². The van der Waals surface area contributed by atoms with Gasteiger partial charge in [-0.15, -0.1) is 0 Å². The lowest BCUT2D eigenvalue weighted by molar-refractivity contribution is 0.286. The first-order valence-corrected chi connectivity index (χ1v) is 7.99. The van der Waals surface area contributed by atoms with Crippen LogP contribution in [-0.4, -0.2) is 30.6 Å². The first-order valence-electron chi connectivity index (χ1n) is 7.99. The quantitative estimate of drug-likeness (QED) is 0.799. The third-order valence-electron chi connectivity index (χ3n) is 4.37. The molecule has 0 spiro atoms. The number of nitrogens with zero attached hydrogens (tertiary/aromatic N) is 1. The van der Waals surface area contributed by atoms with Gasteiger partial charge in [-0.2, -0.15) is 0 Å². The fourth-order valence-electron chi connectivity index (χ4n) is 2.73. The van der Waals surface area contributed by atoms with E-state index >= 15 is 0 Å². The van der Waals surface area contributed by atoms with Crippen LogP contribution in [0.2, 0.25) is 0 Å². The predicted molar refractivity (Wildman–Crippen MR) is 84.8 cm³/mol. The molecular formula is C18H26N2. The van der Waals surface area contributed by atoms with Gasteiger partial charge in [0.05, 0.1) is 0 Å². The Bertz CT molecular complexity index is 457. The Morgan fingerprint density at radius 3 is 2.55 bits per heavy atom. The molecule has 108 valence electrons. The molecule has 0 aromatic heterocycles. The largest absolute Gasteiger partial charge is 0.314 e. The second kappa shape index (κ2) is 6.55. The van der Waals surface area contributed by atoms with E-state index in [1.54, 1.807) is 5.57 Å². The summed E-state index contributed by atoms with van der Waals surface area (Å²) in [6, 6.07) is 10.0. The van der Waals surface area contributed by atoms with Crippen molar-refractivity contribution in [3.05, 3.63) is 47.0 Å². The average molecular weight is 270 g/mol. The van der Waals surface area contributed by atoms with Crippen LogP contribution in [0.5, 0.6) is 0 Å². The van der Waals surface area contributed by atoms with E-state index < -0.39 is 0 Å². The summed E-state index contributed by atoms with van der Waals surface area (Å²) >= 11 is 0. The molecule has 0 unspecified atom stereocenters. The van der Waals surface area contributed by atoms with E-state index in [0.717, 1.165) is 32.1 Å². The van der Waals surface area contributed by atoms with Crippen molar-refractivity contribution in [2.45, 2.75) is 45.2 Å². The molecule has 0 saturated heterocycles.